The Labute approximate surface area is 125 Å². The van der Waals surface area contributed by atoms with E-state index in [4.69, 9.17) is 32.7 Å². The quantitative estimate of drug-likeness (QED) is 0.712. The largest absolute Gasteiger partial charge is 0.496 e. The van der Waals surface area contributed by atoms with Crippen LogP contribution in [0, 0.1) is 0 Å². The molecule has 0 spiro atoms. The number of rotatable bonds is 7. The Kier molecular flexibility index (Phi) is 7.11. The molecular weight excluding hydrogens is 283 g/mol. The Bertz CT molecular complexity index is 438. The van der Waals surface area contributed by atoms with Gasteiger partial charge in [-0.25, -0.2) is 0 Å². The van der Waals surface area contributed by atoms with Gasteiger partial charge in [-0.05, 0) is 42.2 Å². The van der Waals surface area contributed by atoms with Gasteiger partial charge in [0.1, 0.15) is 22.6 Å². The molecule has 0 radical (unpaired) electrons. The van der Waals surface area contributed by atoms with E-state index >= 15 is 0 Å². The topological polar surface area (TPSA) is 18.5 Å². The molecule has 1 aromatic rings. The molecule has 0 amide bonds. The summed E-state index contributed by atoms with van der Waals surface area (Å²) in [6, 6.07) is 4.03. The van der Waals surface area contributed by atoms with Crippen LogP contribution in [0.4, 0.5) is 0 Å². The molecule has 0 bridgehead atoms. The number of benzene rings is 1. The van der Waals surface area contributed by atoms with Crippen molar-refractivity contribution in [1.82, 2.24) is 0 Å². The summed E-state index contributed by atoms with van der Waals surface area (Å²) in [7, 11) is 1.71. The minimum Gasteiger partial charge on any atom is -0.496 e. The van der Waals surface area contributed by atoms with Gasteiger partial charge < -0.3 is 9.47 Å². The van der Waals surface area contributed by atoms with Crippen LogP contribution in [0.3, 0.4) is 0 Å². The number of halogens is 2. The molecule has 0 N–H and O–H groups in total. The van der Waals surface area contributed by atoms with Crippen LogP contribution in [-0.4, -0.2) is 13.7 Å². The highest BCUT2D eigenvalue weighted by Gasteiger charge is 2.10. The fourth-order valence-electron chi connectivity index (χ4n) is 1.99. The first kappa shape index (κ1) is 16.2. The van der Waals surface area contributed by atoms with Crippen LogP contribution in [0.25, 0.3) is 0 Å². The fourth-order valence-corrected chi connectivity index (χ4v) is 2.11. The smallest absolute Gasteiger partial charge is 0.125 e. The van der Waals surface area contributed by atoms with E-state index < -0.39 is 0 Å². The molecule has 0 aliphatic rings. The van der Waals surface area contributed by atoms with Crippen LogP contribution in [0.5, 0.6) is 11.5 Å². The van der Waals surface area contributed by atoms with E-state index in [0.29, 0.717) is 6.61 Å². The molecule has 19 heavy (non-hydrogen) atoms. The van der Waals surface area contributed by atoms with Crippen LogP contribution in [0.1, 0.15) is 31.4 Å². The lowest BCUT2D eigenvalue weighted by Gasteiger charge is -2.15. The summed E-state index contributed by atoms with van der Waals surface area (Å²) >= 11 is 11.1. The van der Waals surface area contributed by atoms with Crippen molar-refractivity contribution < 1.29 is 9.47 Å². The van der Waals surface area contributed by atoms with Crippen LogP contribution in [-0.2, 0) is 12.8 Å². The Balaban J connectivity index is 2.99. The van der Waals surface area contributed by atoms with Gasteiger partial charge in [0.2, 0.25) is 0 Å². The number of methoxy groups -OCH3 is 1. The number of hydrogen-bond donors (Lipinski definition) is 0. The first-order valence-corrected chi connectivity index (χ1v) is 7.21. The summed E-state index contributed by atoms with van der Waals surface area (Å²) in [6.07, 6.45) is 4.57. The lowest BCUT2D eigenvalue weighted by molar-refractivity contribution is 0.358. The van der Waals surface area contributed by atoms with Crippen molar-refractivity contribution in [2.24, 2.45) is 0 Å². The molecule has 0 saturated heterocycles. The van der Waals surface area contributed by atoms with Crippen molar-refractivity contribution in [2.75, 3.05) is 13.7 Å². The highest BCUT2D eigenvalue weighted by atomic mass is 35.5. The molecule has 0 atom stereocenters. The number of hydrogen-bond acceptors (Lipinski definition) is 2. The van der Waals surface area contributed by atoms with Gasteiger partial charge in [-0.1, -0.05) is 43.5 Å². The molecule has 1 rings (SSSR count). The second-order valence-electron chi connectivity index (χ2n) is 4.18. The van der Waals surface area contributed by atoms with Crippen LogP contribution >= 0.6 is 23.2 Å². The first-order valence-electron chi connectivity index (χ1n) is 6.46. The van der Waals surface area contributed by atoms with E-state index in [0.717, 1.165) is 36.3 Å². The van der Waals surface area contributed by atoms with E-state index in [1.807, 2.05) is 12.1 Å². The Morgan fingerprint density at radius 3 is 2.42 bits per heavy atom. The molecule has 2 nitrogen and oxygen atoms in total. The highest BCUT2D eigenvalue weighted by Crippen LogP contribution is 2.31. The lowest BCUT2D eigenvalue weighted by Crippen LogP contribution is -2.00. The summed E-state index contributed by atoms with van der Waals surface area (Å²) in [5.41, 5.74) is 2.34. The summed E-state index contributed by atoms with van der Waals surface area (Å²) in [4.78, 5) is 0. The van der Waals surface area contributed by atoms with Gasteiger partial charge in [-0.15, -0.1) is 0 Å². The zero-order valence-corrected chi connectivity index (χ0v) is 13.1. The maximum Gasteiger partial charge on any atom is 0.125 e. The molecule has 0 aliphatic heterocycles. The van der Waals surface area contributed by atoms with Gasteiger partial charge in [-0.3, -0.25) is 0 Å². The van der Waals surface area contributed by atoms with Crippen LogP contribution in [0.2, 0.25) is 0 Å². The molecular formula is C15H20Cl2O2. The van der Waals surface area contributed by atoms with Gasteiger partial charge in [0.05, 0.1) is 7.11 Å². The van der Waals surface area contributed by atoms with Crippen molar-refractivity contribution in [2.45, 2.75) is 33.1 Å². The molecule has 0 aromatic heterocycles. The second-order valence-corrected chi connectivity index (χ2v) is 5.19. The van der Waals surface area contributed by atoms with Crippen molar-refractivity contribution >= 4 is 23.2 Å². The van der Waals surface area contributed by atoms with Gasteiger partial charge in [0.25, 0.3) is 0 Å². The predicted molar refractivity (Wildman–Crippen MR) is 81.7 cm³/mol. The van der Waals surface area contributed by atoms with Gasteiger partial charge in [-0.2, -0.15) is 0 Å². The Morgan fingerprint density at radius 1 is 1.21 bits per heavy atom. The summed E-state index contributed by atoms with van der Waals surface area (Å²) < 4.78 is 11.4. The minimum atomic E-state index is 0.220. The standard InChI is InChI=1S/C15H20Cl2O2/c1-4-6-12-10-13(19-8-7-14(16)17)9-11(5-2)15(12)18-3/h7,9-10H,4-6,8H2,1-3H3. The average Bonchev–Trinajstić information content (AvgIpc) is 2.38. The average molecular weight is 303 g/mol. The molecule has 1 aromatic carbocycles. The monoisotopic (exact) mass is 302 g/mol. The summed E-state index contributed by atoms with van der Waals surface area (Å²) in [5, 5.41) is 0. The van der Waals surface area contributed by atoms with Gasteiger partial charge in [0, 0.05) is 0 Å². The fraction of sp³-hybridized carbons (Fsp3) is 0.467. The van der Waals surface area contributed by atoms with Crippen molar-refractivity contribution in [3.05, 3.63) is 33.8 Å². The van der Waals surface area contributed by atoms with E-state index in [1.54, 1.807) is 13.2 Å². The SMILES string of the molecule is CCCc1cc(OCC=C(Cl)Cl)cc(CC)c1OC. The molecule has 0 aliphatic carbocycles. The molecule has 0 heterocycles. The summed E-state index contributed by atoms with van der Waals surface area (Å²) in [5.74, 6) is 1.80. The maximum absolute atomic E-state index is 5.64. The number of ether oxygens (including phenoxy) is 2. The number of aryl methyl sites for hydroxylation is 2. The Morgan fingerprint density at radius 2 is 1.89 bits per heavy atom. The Hall–Kier alpha value is -0.860. The van der Waals surface area contributed by atoms with Crippen LogP contribution < -0.4 is 9.47 Å². The van der Waals surface area contributed by atoms with Gasteiger partial charge in [0.15, 0.2) is 0 Å². The van der Waals surface area contributed by atoms with Crippen molar-refractivity contribution in [3.8, 4) is 11.5 Å². The van der Waals surface area contributed by atoms with E-state index in [-0.39, 0.29) is 4.49 Å². The predicted octanol–water partition coefficient (Wildman–Crippen LogP) is 4.91. The van der Waals surface area contributed by atoms with E-state index in [9.17, 15) is 0 Å². The third kappa shape index (κ3) is 4.96. The van der Waals surface area contributed by atoms with Gasteiger partial charge >= 0.3 is 0 Å². The molecule has 0 unspecified atom stereocenters. The van der Waals surface area contributed by atoms with Crippen molar-refractivity contribution in [1.29, 1.82) is 0 Å². The highest BCUT2D eigenvalue weighted by molar-refractivity contribution is 6.55. The third-order valence-corrected chi connectivity index (χ3v) is 3.12. The van der Waals surface area contributed by atoms with Crippen LogP contribution in [0.15, 0.2) is 22.7 Å². The maximum atomic E-state index is 5.64. The third-order valence-electron chi connectivity index (χ3n) is 2.81. The van der Waals surface area contributed by atoms with Crippen molar-refractivity contribution in [3.63, 3.8) is 0 Å². The lowest BCUT2D eigenvalue weighted by atomic mass is 10.0. The normalized spacial score (nSPS) is 10.2. The molecule has 106 valence electrons. The second kappa shape index (κ2) is 8.34. The zero-order chi connectivity index (χ0) is 14.3. The molecule has 0 fully saturated rings. The van der Waals surface area contributed by atoms with E-state index in [2.05, 4.69) is 13.8 Å². The first-order chi connectivity index (χ1) is 9.12. The minimum absolute atomic E-state index is 0.220. The van der Waals surface area contributed by atoms with E-state index in [1.165, 1.54) is 5.56 Å². The molecule has 0 saturated carbocycles. The zero-order valence-electron chi connectivity index (χ0n) is 11.6. The summed E-state index contributed by atoms with van der Waals surface area (Å²) in [6.45, 7) is 4.62. The molecule has 4 heteroatoms.